The van der Waals surface area contributed by atoms with Crippen LogP contribution in [0.5, 0.6) is 0 Å². The molecule has 0 aromatic heterocycles. The number of alkyl carbamates (subject to hydrolysis) is 1. The van der Waals surface area contributed by atoms with E-state index in [1.807, 2.05) is 55.5 Å². The molecule has 1 aliphatic carbocycles. The summed E-state index contributed by atoms with van der Waals surface area (Å²) in [7, 11) is 0. The molecule has 0 bridgehead atoms. The van der Waals surface area contributed by atoms with Gasteiger partial charge < -0.3 is 20.1 Å². The minimum atomic E-state index is -1.26. The van der Waals surface area contributed by atoms with Crippen LogP contribution in [-0.2, 0) is 14.3 Å². The van der Waals surface area contributed by atoms with E-state index in [9.17, 15) is 19.5 Å². The van der Waals surface area contributed by atoms with E-state index < -0.39 is 30.4 Å². The number of amides is 2. The quantitative estimate of drug-likeness (QED) is 0.591. The molecule has 166 valence electrons. The van der Waals surface area contributed by atoms with Gasteiger partial charge in [0.2, 0.25) is 5.91 Å². The second-order valence-electron chi connectivity index (χ2n) is 7.58. The first-order valence-corrected chi connectivity index (χ1v) is 10.5. The minimum absolute atomic E-state index is 0.0369. The molecule has 32 heavy (non-hydrogen) atoms. The van der Waals surface area contributed by atoms with Crippen molar-refractivity contribution in [2.75, 3.05) is 19.7 Å². The highest BCUT2D eigenvalue weighted by molar-refractivity contribution is 5.89. The summed E-state index contributed by atoms with van der Waals surface area (Å²) in [4.78, 5) is 37.9. The summed E-state index contributed by atoms with van der Waals surface area (Å²) in [5.74, 6) is 0.501. The van der Waals surface area contributed by atoms with E-state index in [-0.39, 0.29) is 19.1 Å². The number of benzene rings is 2. The Morgan fingerprint density at radius 3 is 2.25 bits per heavy atom. The van der Waals surface area contributed by atoms with Crippen molar-refractivity contribution in [2.45, 2.75) is 31.7 Å². The molecule has 3 rings (SSSR count). The molecule has 2 aromatic rings. The second kappa shape index (κ2) is 10.5. The van der Waals surface area contributed by atoms with Gasteiger partial charge in [0.15, 0.2) is 0 Å². The Hall–Kier alpha value is -3.79. The highest BCUT2D eigenvalue weighted by Gasteiger charge is 2.31. The fourth-order valence-electron chi connectivity index (χ4n) is 4.02. The van der Waals surface area contributed by atoms with Crippen molar-refractivity contribution in [3.05, 3.63) is 59.7 Å². The zero-order valence-electron chi connectivity index (χ0n) is 17.9. The maximum atomic E-state index is 12.8. The Bertz CT molecular complexity index is 997. The van der Waals surface area contributed by atoms with Gasteiger partial charge in [-0.2, -0.15) is 0 Å². The number of carboxylic acids is 1. The van der Waals surface area contributed by atoms with Crippen LogP contribution in [0.15, 0.2) is 48.5 Å². The van der Waals surface area contributed by atoms with E-state index >= 15 is 0 Å². The average molecular weight is 434 g/mol. The molecule has 2 amide bonds. The molecule has 0 radical (unpaired) electrons. The van der Waals surface area contributed by atoms with Crippen LogP contribution in [0.1, 0.15) is 36.8 Å². The van der Waals surface area contributed by atoms with Gasteiger partial charge in [-0.25, -0.2) is 4.79 Å². The van der Waals surface area contributed by atoms with Crippen LogP contribution in [0.4, 0.5) is 4.79 Å². The summed E-state index contributed by atoms with van der Waals surface area (Å²) in [6.07, 6.45) is 4.57. The van der Waals surface area contributed by atoms with Gasteiger partial charge in [0, 0.05) is 12.5 Å². The van der Waals surface area contributed by atoms with Crippen LogP contribution in [0, 0.1) is 12.3 Å². The van der Waals surface area contributed by atoms with Gasteiger partial charge in [-0.15, -0.1) is 6.42 Å². The van der Waals surface area contributed by atoms with Crippen LogP contribution in [0.25, 0.3) is 11.1 Å². The lowest BCUT2D eigenvalue weighted by Gasteiger charge is -2.25. The molecule has 1 aliphatic rings. The molecule has 1 unspecified atom stereocenters. The molecule has 0 heterocycles. The number of hydrogen-bond acceptors (Lipinski definition) is 4. The molecule has 0 saturated carbocycles. The highest BCUT2D eigenvalue weighted by atomic mass is 16.5. The zero-order valence-corrected chi connectivity index (χ0v) is 17.9. The van der Waals surface area contributed by atoms with E-state index in [1.54, 1.807) is 0 Å². The van der Waals surface area contributed by atoms with Crippen LogP contribution in [0.2, 0.25) is 0 Å². The predicted octanol–water partition coefficient (Wildman–Crippen LogP) is 3.24. The molecular weight excluding hydrogens is 408 g/mol. The van der Waals surface area contributed by atoms with E-state index in [4.69, 9.17) is 11.2 Å². The lowest BCUT2D eigenvalue weighted by Crippen LogP contribution is -2.50. The first-order valence-electron chi connectivity index (χ1n) is 10.5. The lowest BCUT2D eigenvalue weighted by atomic mass is 9.98. The number of terminal acetylenes is 1. The van der Waals surface area contributed by atoms with Gasteiger partial charge in [-0.3, -0.25) is 9.59 Å². The van der Waals surface area contributed by atoms with Gasteiger partial charge in [-0.1, -0.05) is 61.4 Å². The predicted molar refractivity (Wildman–Crippen MR) is 120 cm³/mol. The van der Waals surface area contributed by atoms with Crippen molar-refractivity contribution in [1.82, 2.24) is 10.2 Å². The van der Waals surface area contributed by atoms with Crippen molar-refractivity contribution in [2.24, 2.45) is 0 Å². The number of fused-ring (bicyclic) bond motifs is 3. The minimum Gasteiger partial charge on any atom is -0.481 e. The average Bonchev–Trinajstić information content (AvgIpc) is 3.10. The Kier molecular flexibility index (Phi) is 7.50. The van der Waals surface area contributed by atoms with E-state index in [1.165, 1.54) is 4.90 Å². The third-order valence-electron chi connectivity index (χ3n) is 5.40. The summed E-state index contributed by atoms with van der Waals surface area (Å²) >= 11 is 0. The number of rotatable bonds is 9. The van der Waals surface area contributed by atoms with Crippen LogP contribution in [-0.4, -0.2) is 53.7 Å². The monoisotopic (exact) mass is 434 g/mol. The standard InChI is InChI=1S/C25H26N2O5/c1-3-13-27(14-4-2)24(30)22(15-23(28)29)26-25(31)32-16-21-19-11-7-5-9-17(19)18-10-6-8-12-20(18)21/h1,5-12,21-22H,4,13-16H2,2H3,(H,26,31)(H,28,29). The number of nitrogens with one attached hydrogen (secondary N) is 1. The van der Waals surface area contributed by atoms with Gasteiger partial charge in [0.25, 0.3) is 0 Å². The SMILES string of the molecule is C#CCN(CCC)C(=O)C(CC(=O)O)NC(=O)OCC1c2ccccc2-c2ccccc21. The lowest BCUT2D eigenvalue weighted by molar-refractivity contribution is -0.142. The Balaban J connectivity index is 1.70. The second-order valence-corrected chi connectivity index (χ2v) is 7.58. The fourth-order valence-corrected chi connectivity index (χ4v) is 4.02. The van der Waals surface area contributed by atoms with Gasteiger partial charge in [-0.05, 0) is 28.7 Å². The smallest absolute Gasteiger partial charge is 0.407 e. The summed E-state index contributed by atoms with van der Waals surface area (Å²) in [5, 5.41) is 11.6. The number of carbonyl (C=O) groups is 3. The normalized spacial score (nSPS) is 12.8. The van der Waals surface area contributed by atoms with Gasteiger partial charge in [0.1, 0.15) is 12.6 Å². The van der Waals surface area contributed by atoms with E-state index in [2.05, 4.69) is 11.2 Å². The van der Waals surface area contributed by atoms with Gasteiger partial charge in [0.05, 0.1) is 13.0 Å². The number of hydrogen-bond donors (Lipinski definition) is 2. The number of nitrogens with zero attached hydrogens (tertiary/aromatic N) is 1. The third-order valence-corrected chi connectivity index (χ3v) is 5.40. The van der Waals surface area contributed by atoms with Crippen LogP contribution in [0.3, 0.4) is 0 Å². The number of carbonyl (C=O) groups excluding carboxylic acids is 2. The third kappa shape index (κ3) is 5.09. The Morgan fingerprint density at radius 2 is 1.72 bits per heavy atom. The molecular formula is C25H26N2O5. The van der Waals surface area contributed by atoms with Crippen molar-refractivity contribution in [3.63, 3.8) is 0 Å². The summed E-state index contributed by atoms with van der Waals surface area (Å²) in [6.45, 7) is 2.35. The molecule has 0 aliphatic heterocycles. The number of ether oxygens (including phenoxy) is 1. The maximum absolute atomic E-state index is 12.8. The molecule has 2 aromatic carbocycles. The molecule has 2 N–H and O–H groups in total. The maximum Gasteiger partial charge on any atom is 0.407 e. The Morgan fingerprint density at radius 1 is 1.12 bits per heavy atom. The number of aliphatic carboxylic acids is 1. The van der Waals surface area contributed by atoms with Crippen molar-refractivity contribution in [3.8, 4) is 23.5 Å². The van der Waals surface area contributed by atoms with Crippen molar-refractivity contribution < 1.29 is 24.2 Å². The largest absolute Gasteiger partial charge is 0.481 e. The van der Waals surface area contributed by atoms with Crippen molar-refractivity contribution in [1.29, 1.82) is 0 Å². The zero-order chi connectivity index (χ0) is 23.1. The summed E-state index contributed by atoms with van der Waals surface area (Å²) < 4.78 is 5.45. The molecule has 1 atom stereocenters. The van der Waals surface area contributed by atoms with Gasteiger partial charge >= 0.3 is 12.1 Å². The first-order chi connectivity index (χ1) is 15.5. The molecule has 0 fully saturated rings. The van der Waals surface area contributed by atoms with E-state index in [0.717, 1.165) is 22.3 Å². The molecule has 7 heteroatoms. The van der Waals surface area contributed by atoms with Crippen LogP contribution >= 0.6 is 0 Å². The molecule has 0 spiro atoms. The van der Waals surface area contributed by atoms with Crippen LogP contribution < -0.4 is 5.32 Å². The van der Waals surface area contributed by atoms with Crippen molar-refractivity contribution >= 4 is 18.0 Å². The molecule has 7 nitrogen and oxygen atoms in total. The fraction of sp³-hybridized carbons (Fsp3) is 0.320. The number of carboxylic acid groups (broad SMARTS) is 1. The summed E-state index contributed by atoms with van der Waals surface area (Å²) in [6, 6.07) is 14.6. The summed E-state index contributed by atoms with van der Waals surface area (Å²) in [5.41, 5.74) is 4.31. The highest BCUT2D eigenvalue weighted by Crippen LogP contribution is 2.44. The first kappa shape index (κ1) is 22.9. The Labute approximate surface area is 187 Å². The van der Waals surface area contributed by atoms with E-state index in [0.29, 0.717) is 13.0 Å². The topological polar surface area (TPSA) is 95.9 Å². The molecule has 0 saturated heterocycles.